The molecular formula is C35H44N4O6S3. The predicted octanol–water partition coefficient (Wildman–Crippen LogP) is 4.80. The molecule has 3 aromatic carbocycles. The van der Waals surface area contributed by atoms with Crippen LogP contribution in [0.15, 0.2) is 112 Å². The van der Waals surface area contributed by atoms with Gasteiger partial charge in [-0.15, -0.1) is 11.3 Å². The van der Waals surface area contributed by atoms with Crippen LogP contribution in [0.5, 0.6) is 0 Å². The fourth-order valence-corrected chi connectivity index (χ4v) is 9.57. The van der Waals surface area contributed by atoms with Crippen molar-refractivity contribution in [3.05, 3.63) is 114 Å². The van der Waals surface area contributed by atoms with E-state index in [1.807, 2.05) is 74.5 Å². The first-order valence-electron chi connectivity index (χ1n) is 15.9. The van der Waals surface area contributed by atoms with Gasteiger partial charge in [-0.25, -0.2) is 16.8 Å². The normalized spacial score (nSPS) is 13.5. The average Bonchev–Trinajstić information content (AvgIpc) is 3.63. The van der Waals surface area contributed by atoms with Crippen molar-refractivity contribution in [2.24, 2.45) is 5.92 Å². The Hall–Kier alpha value is -3.59. The van der Waals surface area contributed by atoms with Gasteiger partial charge in [0.05, 0.1) is 11.5 Å². The number of carbonyl (C=O) groups excluding carboxylic acids is 1. The minimum Gasteiger partial charge on any atom is -0.399 e. The Bertz CT molecular complexity index is 1750. The van der Waals surface area contributed by atoms with Gasteiger partial charge in [-0.3, -0.25) is 4.79 Å². The number of rotatable bonds is 18. The number of thiophene rings is 1. The smallest absolute Gasteiger partial charge is 0.250 e. The van der Waals surface area contributed by atoms with E-state index >= 15 is 0 Å². The fourth-order valence-electron chi connectivity index (χ4n) is 5.54. The number of amides is 1. The lowest BCUT2D eigenvalue weighted by atomic mass is 9.85. The number of anilines is 1. The highest BCUT2D eigenvalue weighted by Crippen LogP contribution is 2.30. The zero-order valence-electron chi connectivity index (χ0n) is 27.1. The minimum atomic E-state index is -4.02. The van der Waals surface area contributed by atoms with Crippen molar-refractivity contribution in [3.63, 3.8) is 0 Å². The summed E-state index contributed by atoms with van der Waals surface area (Å²) in [6, 6.07) is 25.9. The van der Waals surface area contributed by atoms with E-state index in [9.17, 15) is 26.7 Å². The second kappa shape index (κ2) is 17.2. The lowest BCUT2D eigenvalue weighted by Gasteiger charge is -2.31. The van der Waals surface area contributed by atoms with E-state index in [-0.39, 0.29) is 34.7 Å². The lowest BCUT2D eigenvalue weighted by molar-refractivity contribution is -0.123. The molecule has 0 bridgehead atoms. The summed E-state index contributed by atoms with van der Waals surface area (Å²) in [5.74, 6) is -1.10. The molecule has 0 saturated heterocycles. The highest BCUT2D eigenvalue weighted by atomic mass is 32.2. The third-order valence-electron chi connectivity index (χ3n) is 7.89. The summed E-state index contributed by atoms with van der Waals surface area (Å²) in [5, 5.41) is 14.9. The maximum atomic E-state index is 13.9. The Balaban J connectivity index is 1.49. The molecule has 1 aromatic heterocycles. The number of benzene rings is 3. The highest BCUT2D eigenvalue weighted by Gasteiger charge is 2.35. The molecule has 5 N–H and O–H groups in total. The fraction of sp³-hybridized carbons (Fsp3) is 0.343. The largest absolute Gasteiger partial charge is 0.399 e. The van der Waals surface area contributed by atoms with Crippen molar-refractivity contribution in [3.8, 4) is 0 Å². The summed E-state index contributed by atoms with van der Waals surface area (Å²) in [6.07, 6.45) is 1.34. The van der Waals surface area contributed by atoms with Gasteiger partial charge in [0.1, 0.15) is 10.3 Å². The molecule has 0 aliphatic carbocycles. The van der Waals surface area contributed by atoms with Gasteiger partial charge in [-0.2, -0.15) is 9.03 Å². The molecular weight excluding hydrogens is 669 g/mol. The Kier molecular flexibility index (Phi) is 13.3. The van der Waals surface area contributed by atoms with Gasteiger partial charge in [-0.05, 0) is 65.6 Å². The summed E-state index contributed by atoms with van der Waals surface area (Å²) in [6.45, 7) is 3.91. The molecule has 4 rings (SSSR count). The number of aliphatic hydroxyl groups is 1. The van der Waals surface area contributed by atoms with E-state index in [1.165, 1.54) is 34.6 Å². The van der Waals surface area contributed by atoms with E-state index in [1.54, 1.807) is 11.4 Å². The number of hydrogen-bond acceptors (Lipinski definition) is 8. The average molecular weight is 713 g/mol. The van der Waals surface area contributed by atoms with Crippen molar-refractivity contribution < 1.29 is 26.7 Å². The molecule has 48 heavy (non-hydrogen) atoms. The van der Waals surface area contributed by atoms with Gasteiger partial charge in [-0.1, -0.05) is 87.0 Å². The van der Waals surface area contributed by atoms with Crippen LogP contribution in [0.1, 0.15) is 50.2 Å². The van der Waals surface area contributed by atoms with Crippen molar-refractivity contribution in [1.82, 2.24) is 14.3 Å². The molecule has 0 saturated carbocycles. The van der Waals surface area contributed by atoms with Gasteiger partial charge in [0.15, 0.2) is 0 Å². The number of nitrogen functional groups attached to an aromatic ring is 1. The van der Waals surface area contributed by atoms with Crippen molar-refractivity contribution in [2.45, 2.75) is 60.2 Å². The summed E-state index contributed by atoms with van der Waals surface area (Å²) in [5.41, 5.74) is 7.76. The van der Waals surface area contributed by atoms with Crippen molar-refractivity contribution in [2.75, 3.05) is 25.4 Å². The van der Waals surface area contributed by atoms with Gasteiger partial charge < -0.3 is 16.2 Å². The van der Waals surface area contributed by atoms with E-state index in [0.717, 1.165) is 22.5 Å². The quantitative estimate of drug-likeness (QED) is 0.0852. The minimum absolute atomic E-state index is 0.0129. The highest BCUT2D eigenvalue weighted by molar-refractivity contribution is 7.91. The van der Waals surface area contributed by atoms with Gasteiger partial charge in [0.2, 0.25) is 15.9 Å². The summed E-state index contributed by atoms with van der Waals surface area (Å²) in [7, 11) is -7.93. The van der Waals surface area contributed by atoms with Crippen LogP contribution in [-0.2, 0) is 24.8 Å². The Labute approximate surface area is 288 Å². The molecule has 2 atom stereocenters. The Morgan fingerprint density at radius 2 is 1.46 bits per heavy atom. The molecule has 0 unspecified atom stereocenters. The van der Waals surface area contributed by atoms with Gasteiger partial charge >= 0.3 is 0 Å². The standard InChI is InChI=1S/C35H44N4O6S3/c1-26(2)24-39(48(44,45)31-20-18-29(36)19-21-31)30(25-40)16-9-10-22-37-35(41)34(38-47(42,43)32-17-11-23-46-32)33(27-12-5-3-6-13-27)28-14-7-4-8-15-28/h3-8,11-15,17-21,23,26,30,33-34,38,40H,9-10,16,22,24-25,36H2,1-2H3,(H,37,41)/t30-,34-/m1/s1. The number of sulfonamides is 2. The first-order valence-corrected chi connectivity index (χ1v) is 19.7. The molecule has 10 nitrogen and oxygen atoms in total. The van der Waals surface area contributed by atoms with Gasteiger partial charge in [0.25, 0.3) is 10.0 Å². The number of hydrogen-bond donors (Lipinski definition) is 4. The number of carbonyl (C=O) groups is 1. The number of nitrogens with zero attached hydrogens (tertiary/aromatic N) is 1. The first-order chi connectivity index (χ1) is 22.9. The molecule has 4 aromatic rings. The van der Waals surface area contributed by atoms with Gasteiger partial charge in [0, 0.05) is 30.7 Å². The first kappa shape index (κ1) is 37.2. The molecule has 0 spiro atoms. The lowest BCUT2D eigenvalue weighted by Crippen LogP contribution is -2.50. The van der Waals surface area contributed by atoms with Crippen LogP contribution in [0.3, 0.4) is 0 Å². The zero-order valence-corrected chi connectivity index (χ0v) is 29.6. The molecule has 258 valence electrons. The number of aliphatic hydroxyl groups excluding tert-OH is 1. The van der Waals surface area contributed by atoms with Crippen LogP contribution in [0.25, 0.3) is 0 Å². The number of nitrogens with one attached hydrogen (secondary N) is 2. The third kappa shape index (κ3) is 9.74. The van der Waals surface area contributed by atoms with Crippen LogP contribution < -0.4 is 15.8 Å². The monoisotopic (exact) mass is 712 g/mol. The van der Waals surface area contributed by atoms with Crippen molar-refractivity contribution in [1.29, 1.82) is 0 Å². The van der Waals surface area contributed by atoms with E-state index < -0.39 is 44.0 Å². The predicted molar refractivity (Wildman–Crippen MR) is 190 cm³/mol. The number of unbranched alkanes of at least 4 members (excludes halogenated alkanes) is 1. The molecule has 0 aliphatic rings. The summed E-state index contributed by atoms with van der Waals surface area (Å²) >= 11 is 1.07. The van der Waals surface area contributed by atoms with Crippen molar-refractivity contribution >= 4 is 43.0 Å². The Morgan fingerprint density at radius 1 is 0.854 bits per heavy atom. The second-order valence-corrected chi connectivity index (χ2v) is 16.8. The van der Waals surface area contributed by atoms with Crippen LogP contribution in [0.2, 0.25) is 0 Å². The molecule has 0 fully saturated rings. The Morgan fingerprint density at radius 3 is 1.98 bits per heavy atom. The number of nitrogens with two attached hydrogens (primary N) is 1. The van der Waals surface area contributed by atoms with Crippen LogP contribution >= 0.6 is 11.3 Å². The maximum Gasteiger partial charge on any atom is 0.250 e. The summed E-state index contributed by atoms with van der Waals surface area (Å²) < 4.78 is 58.2. The molecule has 0 aliphatic heterocycles. The molecule has 0 radical (unpaired) electrons. The summed E-state index contributed by atoms with van der Waals surface area (Å²) in [4.78, 5) is 14.0. The molecule has 1 heterocycles. The van der Waals surface area contributed by atoms with Crippen LogP contribution in [0, 0.1) is 5.92 Å². The molecule has 13 heteroatoms. The maximum absolute atomic E-state index is 13.9. The van der Waals surface area contributed by atoms with Crippen LogP contribution in [0.4, 0.5) is 5.69 Å². The van der Waals surface area contributed by atoms with Crippen LogP contribution in [-0.4, -0.2) is 63.9 Å². The van der Waals surface area contributed by atoms with E-state index in [4.69, 9.17) is 5.73 Å². The SMILES string of the molecule is CC(C)CN([C@@H](CO)CCCCNC(=O)[C@H](NS(=O)(=O)c1cccs1)C(c1ccccc1)c1ccccc1)S(=O)(=O)c1ccc(N)cc1. The van der Waals surface area contributed by atoms with E-state index in [2.05, 4.69) is 10.0 Å². The van der Waals surface area contributed by atoms with E-state index in [0.29, 0.717) is 24.9 Å². The topological polar surface area (TPSA) is 159 Å². The third-order valence-corrected chi connectivity index (χ3v) is 12.7. The second-order valence-electron chi connectivity index (χ2n) is 12.0. The molecule has 1 amide bonds. The zero-order chi connectivity index (χ0) is 34.7.